The van der Waals surface area contributed by atoms with Crippen LogP contribution in [0.5, 0.6) is 0 Å². The average Bonchev–Trinajstić information content (AvgIpc) is 2.63. The molecule has 0 saturated heterocycles. The Balaban J connectivity index is 1.98. The maximum Gasteiger partial charge on any atom is 0.322 e. The molecule has 0 aliphatic rings. The van der Waals surface area contributed by atoms with E-state index in [4.69, 9.17) is 16.7 Å². The lowest BCUT2D eigenvalue weighted by molar-refractivity contribution is -0.134. The number of nitrogens with one attached hydrogen (secondary N) is 2. The second-order valence-corrected chi connectivity index (χ2v) is 5.97. The molecule has 3 rings (SSSR count). The number of rotatable bonds is 6. The maximum atomic E-state index is 10.8. The Hall–Kier alpha value is -3.19. The van der Waals surface area contributed by atoms with Crippen LogP contribution < -0.4 is 10.6 Å². The van der Waals surface area contributed by atoms with Crippen LogP contribution in [0.3, 0.4) is 0 Å². The number of halogens is 1. The van der Waals surface area contributed by atoms with Crippen LogP contribution >= 0.6 is 11.6 Å². The van der Waals surface area contributed by atoms with Crippen molar-refractivity contribution >= 4 is 35.0 Å². The fraction of sp³-hybridized carbons (Fsp3) is 0.111. The Morgan fingerprint density at radius 2 is 1.92 bits per heavy atom. The van der Waals surface area contributed by atoms with E-state index in [1.54, 1.807) is 24.5 Å². The summed E-state index contributed by atoms with van der Waals surface area (Å²) < 4.78 is 0. The second-order valence-electron chi connectivity index (χ2n) is 5.53. The van der Waals surface area contributed by atoms with Crippen molar-refractivity contribution in [1.82, 2.24) is 15.0 Å². The molecule has 2 heterocycles. The lowest BCUT2D eigenvalue weighted by atomic mass is 10.2. The van der Waals surface area contributed by atoms with E-state index in [1.165, 1.54) is 0 Å². The molecule has 0 aliphatic carbocycles. The third-order valence-electron chi connectivity index (χ3n) is 3.56. The molecule has 0 amide bonds. The van der Waals surface area contributed by atoms with Crippen molar-refractivity contribution in [2.24, 2.45) is 0 Å². The number of aromatic nitrogens is 3. The number of pyridine rings is 1. The molecule has 3 N–H and O–H groups in total. The van der Waals surface area contributed by atoms with Gasteiger partial charge >= 0.3 is 5.97 Å². The molecule has 0 spiro atoms. The SMILES string of the molecule is Cc1ccc(Cl)cc1Nc1cc(-c2ccncc2)nc(NCC(=O)O)n1. The van der Waals surface area contributed by atoms with Crippen LogP contribution in [0.15, 0.2) is 48.8 Å². The van der Waals surface area contributed by atoms with Gasteiger partial charge in [-0.2, -0.15) is 4.98 Å². The van der Waals surface area contributed by atoms with E-state index < -0.39 is 5.97 Å². The van der Waals surface area contributed by atoms with Crippen LogP contribution in [-0.2, 0) is 4.79 Å². The van der Waals surface area contributed by atoms with Crippen molar-refractivity contribution in [3.63, 3.8) is 0 Å². The first-order chi connectivity index (χ1) is 12.5. The van der Waals surface area contributed by atoms with Gasteiger partial charge in [-0.05, 0) is 36.8 Å². The summed E-state index contributed by atoms with van der Waals surface area (Å²) in [6, 6.07) is 10.9. The van der Waals surface area contributed by atoms with E-state index in [1.807, 2.05) is 31.2 Å². The summed E-state index contributed by atoms with van der Waals surface area (Å²) in [5, 5.41) is 15.4. The highest BCUT2D eigenvalue weighted by Crippen LogP contribution is 2.26. The van der Waals surface area contributed by atoms with Gasteiger partial charge in [0.15, 0.2) is 0 Å². The standard InChI is InChI=1S/C18H16ClN5O2/c1-11-2-3-13(19)8-14(11)22-16-9-15(12-4-6-20-7-5-12)23-18(24-16)21-10-17(25)26/h2-9H,10H2,1H3,(H,25,26)(H2,21,22,23,24). The molecule has 132 valence electrons. The first-order valence-corrected chi connectivity index (χ1v) is 8.17. The summed E-state index contributed by atoms with van der Waals surface area (Å²) in [4.78, 5) is 23.5. The van der Waals surface area contributed by atoms with E-state index in [2.05, 4.69) is 25.6 Å². The number of aryl methyl sites for hydroxylation is 1. The van der Waals surface area contributed by atoms with Crippen LogP contribution in [0.25, 0.3) is 11.3 Å². The van der Waals surface area contributed by atoms with Crippen LogP contribution in [0.4, 0.5) is 17.5 Å². The normalized spacial score (nSPS) is 10.4. The van der Waals surface area contributed by atoms with Gasteiger partial charge in [0.2, 0.25) is 5.95 Å². The number of nitrogens with zero attached hydrogens (tertiary/aromatic N) is 3. The third-order valence-corrected chi connectivity index (χ3v) is 3.80. The quantitative estimate of drug-likeness (QED) is 0.608. The fourth-order valence-corrected chi connectivity index (χ4v) is 2.45. The minimum atomic E-state index is -0.997. The number of benzene rings is 1. The fourth-order valence-electron chi connectivity index (χ4n) is 2.28. The predicted molar refractivity (Wildman–Crippen MR) is 101 cm³/mol. The molecule has 0 unspecified atom stereocenters. The number of hydrogen-bond acceptors (Lipinski definition) is 6. The van der Waals surface area contributed by atoms with Gasteiger partial charge in [0.05, 0.1) is 5.69 Å². The van der Waals surface area contributed by atoms with Crippen LogP contribution in [0.1, 0.15) is 5.56 Å². The molecule has 2 aromatic heterocycles. The van der Waals surface area contributed by atoms with Crippen LogP contribution in [0.2, 0.25) is 5.02 Å². The zero-order chi connectivity index (χ0) is 18.5. The van der Waals surface area contributed by atoms with E-state index in [-0.39, 0.29) is 12.5 Å². The van der Waals surface area contributed by atoms with Gasteiger partial charge in [-0.15, -0.1) is 0 Å². The summed E-state index contributed by atoms with van der Waals surface area (Å²) in [7, 11) is 0. The summed E-state index contributed by atoms with van der Waals surface area (Å²) >= 11 is 6.07. The Morgan fingerprint density at radius 3 is 2.65 bits per heavy atom. The largest absolute Gasteiger partial charge is 0.480 e. The van der Waals surface area contributed by atoms with Crippen LogP contribution in [0, 0.1) is 6.92 Å². The van der Waals surface area contributed by atoms with Gasteiger partial charge in [0.1, 0.15) is 12.4 Å². The highest BCUT2D eigenvalue weighted by molar-refractivity contribution is 6.30. The summed E-state index contributed by atoms with van der Waals surface area (Å²) in [5.74, 6) is -0.267. The Bertz CT molecular complexity index is 934. The first-order valence-electron chi connectivity index (χ1n) is 7.79. The molecule has 0 bridgehead atoms. The van der Waals surface area contributed by atoms with E-state index >= 15 is 0 Å². The second kappa shape index (κ2) is 7.79. The smallest absolute Gasteiger partial charge is 0.322 e. The van der Waals surface area contributed by atoms with Gasteiger partial charge in [0.25, 0.3) is 0 Å². The molecule has 26 heavy (non-hydrogen) atoms. The van der Waals surface area contributed by atoms with Gasteiger partial charge in [-0.1, -0.05) is 17.7 Å². The molecular weight excluding hydrogens is 354 g/mol. The molecule has 1 aromatic carbocycles. The van der Waals surface area contributed by atoms with Gasteiger partial charge in [0, 0.05) is 34.7 Å². The number of hydrogen-bond donors (Lipinski definition) is 3. The number of carboxylic acids is 1. The van der Waals surface area contributed by atoms with Gasteiger partial charge in [-0.25, -0.2) is 4.98 Å². The average molecular weight is 370 g/mol. The van der Waals surface area contributed by atoms with Crippen molar-refractivity contribution < 1.29 is 9.90 Å². The number of carboxylic acid groups (broad SMARTS) is 1. The Kier molecular flexibility index (Phi) is 5.28. The highest BCUT2D eigenvalue weighted by atomic mass is 35.5. The minimum Gasteiger partial charge on any atom is -0.480 e. The van der Waals surface area contributed by atoms with Gasteiger partial charge in [-0.3, -0.25) is 9.78 Å². The van der Waals surface area contributed by atoms with Crippen molar-refractivity contribution in [3.05, 3.63) is 59.4 Å². The predicted octanol–water partition coefficient (Wildman–Crippen LogP) is 3.74. The molecule has 0 fully saturated rings. The maximum absolute atomic E-state index is 10.8. The topological polar surface area (TPSA) is 100 Å². The number of aliphatic carboxylic acids is 1. The molecule has 0 saturated carbocycles. The lowest BCUT2D eigenvalue weighted by Gasteiger charge is -2.12. The van der Waals surface area contributed by atoms with E-state index in [9.17, 15) is 4.79 Å². The van der Waals surface area contributed by atoms with E-state index in [0.29, 0.717) is 16.5 Å². The third kappa shape index (κ3) is 4.46. The zero-order valence-electron chi connectivity index (χ0n) is 13.9. The molecule has 8 heteroatoms. The summed E-state index contributed by atoms with van der Waals surface area (Å²) in [5.41, 5.74) is 3.28. The highest BCUT2D eigenvalue weighted by Gasteiger charge is 2.09. The van der Waals surface area contributed by atoms with Crippen molar-refractivity contribution in [2.45, 2.75) is 6.92 Å². The van der Waals surface area contributed by atoms with Gasteiger partial charge < -0.3 is 15.7 Å². The van der Waals surface area contributed by atoms with E-state index in [0.717, 1.165) is 16.8 Å². The summed E-state index contributed by atoms with van der Waals surface area (Å²) in [6.07, 6.45) is 3.33. The molecule has 0 aliphatic heterocycles. The van der Waals surface area contributed by atoms with Crippen molar-refractivity contribution in [1.29, 1.82) is 0 Å². The Morgan fingerprint density at radius 1 is 1.15 bits per heavy atom. The van der Waals surface area contributed by atoms with Crippen LogP contribution in [-0.4, -0.2) is 32.6 Å². The minimum absolute atomic E-state index is 0.212. The molecule has 0 atom stereocenters. The summed E-state index contributed by atoms with van der Waals surface area (Å²) in [6.45, 7) is 1.67. The zero-order valence-corrected chi connectivity index (χ0v) is 14.7. The molecule has 0 radical (unpaired) electrons. The number of anilines is 3. The number of carbonyl (C=O) groups is 1. The van der Waals surface area contributed by atoms with Crippen molar-refractivity contribution in [2.75, 3.05) is 17.2 Å². The molecule has 7 nitrogen and oxygen atoms in total. The monoisotopic (exact) mass is 369 g/mol. The van der Waals surface area contributed by atoms with Crippen molar-refractivity contribution in [3.8, 4) is 11.3 Å². The first kappa shape index (κ1) is 17.6. The Labute approximate surface area is 155 Å². The molecule has 3 aromatic rings. The molecular formula is C18H16ClN5O2. The lowest BCUT2D eigenvalue weighted by Crippen LogP contribution is -2.15.